The van der Waals surface area contributed by atoms with Crippen LogP contribution in [0.15, 0.2) is 45.6 Å². The number of halogens is 6. The maximum atomic E-state index is 13.8. The summed E-state index contributed by atoms with van der Waals surface area (Å²) in [6.45, 7) is 0. The van der Waals surface area contributed by atoms with E-state index in [4.69, 9.17) is 11.6 Å². The first-order valence-electron chi connectivity index (χ1n) is 6.60. The van der Waals surface area contributed by atoms with Gasteiger partial charge in [0.15, 0.2) is 0 Å². The van der Waals surface area contributed by atoms with Crippen molar-refractivity contribution in [3.8, 4) is 17.1 Å². The molecule has 0 fully saturated rings. The van der Waals surface area contributed by atoms with E-state index < -0.39 is 46.3 Å². The average molecular weight is 377 g/mol. The van der Waals surface area contributed by atoms with E-state index in [-0.39, 0.29) is 5.02 Å². The number of alkyl halides is 3. The highest BCUT2D eigenvalue weighted by Crippen LogP contribution is 2.33. The molecule has 0 bridgehead atoms. The largest absolute Gasteiger partial charge is 0.442 e. The highest BCUT2D eigenvalue weighted by molar-refractivity contribution is 6.32. The topological polar surface area (TPSA) is 48.0 Å². The zero-order valence-corrected chi connectivity index (χ0v) is 12.7. The van der Waals surface area contributed by atoms with Crippen LogP contribution in [-0.2, 0) is 6.18 Å². The van der Waals surface area contributed by atoms with Crippen LogP contribution >= 0.6 is 11.6 Å². The maximum absolute atomic E-state index is 13.8. The Morgan fingerprint density at radius 3 is 2.32 bits per heavy atom. The third-order valence-electron chi connectivity index (χ3n) is 3.23. The van der Waals surface area contributed by atoms with Gasteiger partial charge in [0.1, 0.15) is 17.2 Å². The zero-order valence-electron chi connectivity index (χ0n) is 11.9. The van der Waals surface area contributed by atoms with Crippen LogP contribution in [0.2, 0.25) is 5.02 Å². The van der Waals surface area contributed by atoms with Crippen LogP contribution in [-0.4, -0.2) is 9.78 Å². The van der Waals surface area contributed by atoms with Crippen LogP contribution in [0.4, 0.5) is 22.0 Å². The van der Waals surface area contributed by atoms with Crippen LogP contribution in [0.25, 0.3) is 17.1 Å². The molecule has 1 heterocycles. The fraction of sp³-hybridized carbons (Fsp3) is 0.0667. The highest BCUT2D eigenvalue weighted by atomic mass is 35.5. The summed E-state index contributed by atoms with van der Waals surface area (Å²) in [6, 6.07) is 5.13. The second-order valence-corrected chi connectivity index (χ2v) is 5.25. The molecule has 0 spiro atoms. The molecule has 0 unspecified atom stereocenters. The van der Waals surface area contributed by atoms with E-state index in [0.29, 0.717) is 16.8 Å². The van der Waals surface area contributed by atoms with Crippen LogP contribution in [0.5, 0.6) is 0 Å². The van der Waals surface area contributed by atoms with Crippen LogP contribution in [0.1, 0.15) is 5.56 Å². The first kappa shape index (κ1) is 17.2. The minimum Gasteiger partial charge on any atom is -0.387 e. The Balaban J connectivity index is 2.18. The van der Waals surface area contributed by atoms with E-state index in [0.717, 1.165) is 24.3 Å². The molecule has 4 nitrogen and oxygen atoms in total. The third-order valence-corrected chi connectivity index (χ3v) is 3.55. The summed E-state index contributed by atoms with van der Waals surface area (Å²) in [5.41, 5.74) is -2.24. The van der Waals surface area contributed by atoms with E-state index in [2.05, 4.69) is 9.52 Å². The van der Waals surface area contributed by atoms with Gasteiger partial charge in [-0.05, 0) is 30.3 Å². The quantitative estimate of drug-likeness (QED) is 0.621. The lowest BCUT2D eigenvalue weighted by Gasteiger charge is -2.09. The van der Waals surface area contributed by atoms with Gasteiger partial charge >= 0.3 is 11.9 Å². The van der Waals surface area contributed by atoms with Gasteiger partial charge in [-0.1, -0.05) is 17.7 Å². The van der Waals surface area contributed by atoms with Crippen LogP contribution in [0, 0.1) is 11.6 Å². The highest BCUT2D eigenvalue weighted by Gasteiger charge is 2.31. The molecule has 0 aliphatic rings. The standard InChI is InChI=1S/C15H6ClF5N2O2/c16-8-5-4-7(15(19,20)21)6-11(8)23-14(24)25-13(22-23)12-9(17)2-1-3-10(12)18/h1-6H. The lowest BCUT2D eigenvalue weighted by Crippen LogP contribution is -2.15. The lowest BCUT2D eigenvalue weighted by atomic mass is 10.2. The molecule has 0 aliphatic heterocycles. The Morgan fingerprint density at radius 2 is 1.72 bits per heavy atom. The van der Waals surface area contributed by atoms with Crippen molar-refractivity contribution in [2.24, 2.45) is 0 Å². The second kappa shape index (κ2) is 5.99. The minimum atomic E-state index is -4.69. The average Bonchev–Trinajstić information content (AvgIpc) is 2.88. The Morgan fingerprint density at radius 1 is 1.08 bits per heavy atom. The number of aromatic nitrogens is 2. The van der Waals surface area contributed by atoms with Crippen molar-refractivity contribution in [1.82, 2.24) is 9.78 Å². The van der Waals surface area contributed by atoms with Gasteiger partial charge in [-0.3, -0.25) is 0 Å². The maximum Gasteiger partial charge on any atom is 0.442 e. The van der Waals surface area contributed by atoms with Gasteiger partial charge in [0, 0.05) is 0 Å². The monoisotopic (exact) mass is 376 g/mol. The van der Waals surface area contributed by atoms with Gasteiger partial charge < -0.3 is 4.42 Å². The summed E-state index contributed by atoms with van der Waals surface area (Å²) in [7, 11) is 0. The van der Waals surface area contributed by atoms with Gasteiger partial charge in [0.2, 0.25) is 0 Å². The van der Waals surface area contributed by atoms with Crippen molar-refractivity contribution in [2.75, 3.05) is 0 Å². The first-order chi connectivity index (χ1) is 11.7. The fourth-order valence-corrected chi connectivity index (χ4v) is 2.28. The van der Waals surface area contributed by atoms with Crippen LogP contribution < -0.4 is 5.76 Å². The predicted octanol–water partition coefficient (Wildman–Crippen LogP) is 4.44. The molecule has 130 valence electrons. The van der Waals surface area contributed by atoms with Gasteiger partial charge in [-0.15, -0.1) is 5.10 Å². The molecule has 0 saturated carbocycles. The molecule has 1 aromatic heterocycles. The molecule has 0 N–H and O–H groups in total. The Labute approximate surface area is 141 Å². The summed E-state index contributed by atoms with van der Waals surface area (Å²) >= 11 is 5.81. The minimum absolute atomic E-state index is 0.232. The molecular formula is C15H6ClF5N2O2. The van der Waals surface area contributed by atoms with Crippen molar-refractivity contribution >= 4 is 11.6 Å². The van der Waals surface area contributed by atoms with E-state index in [1.165, 1.54) is 0 Å². The third kappa shape index (κ3) is 3.14. The summed E-state index contributed by atoms with van der Waals surface area (Å²) in [5.74, 6) is -4.08. The van der Waals surface area contributed by atoms with Gasteiger partial charge in [0.05, 0.1) is 16.3 Å². The van der Waals surface area contributed by atoms with Gasteiger partial charge in [-0.2, -0.15) is 17.9 Å². The fourth-order valence-electron chi connectivity index (χ4n) is 2.08. The Kier molecular flexibility index (Phi) is 4.11. The molecule has 0 radical (unpaired) electrons. The normalized spacial score (nSPS) is 11.8. The Hall–Kier alpha value is -2.68. The predicted molar refractivity (Wildman–Crippen MR) is 77.5 cm³/mol. The van der Waals surface area contributed by atoms with E-state index in [1.807, 2.05) is 0 Å². The molecule has 0 amide bonds. The van der Waals surface area contributed by atoms with E-state index >= 15 is 0 Å². The number of benzene rings is 2. The van der Waals surface area contributed by atoms with Crippen molar-refractivity contribution in [3.05, 3.63) is 69.2 Å². The molecule has 3 aromatic rings. The lowest BCUT2D eigenvalue weighted by molar-refractivity contribution is -0.137. The molecule has 0 atom stereocenters. The second-order valence-electron chi connectivity index (χ2n) is 4.85. The first-order valence-corrected chi connectivity index (χ1v) is 6.98. The van der Waals surface area contributed by atoms with E-state index in [9.17, 15) is 26.7 Å². The van der Waals surface area contributed by atoms with E-state index in [1.54, 1.807) is 0 Å². The van der Waals surface area contributed by atoms with Gasteiger partial charge in [-0.25, -0.2) is 13.6 Å². The van der Waals surface area contributed by atoms with Gasteiger partial charge in [0.25, 0.3) is 5.89 Å². The summed E-state index contributed by atoms with van der Waals surface area (Å²) in [5, 5.41) is 3.33. The van der Waals surface area contributed by atoms with Crippen molar-refractivity contribution in [3.63, 3.8) is 0 Å². The van der Waals surface area contributed by atoms with Crippen LogP contribution in [0.3, 0.4) is 0 Å². The summed E-state index contributed by atoms with van der Waals surface area (Å²) < 4.78 is 71.0. The molecule has 2 aromatic carbocycles. The molecule has 3 rings (SSSR count). The molecule has 0 saturated heterocycles. The Bertz CT molecular complexity index is 990. The molecule has 10 heteroatoms. The zero-order chi connectivity index (χ0) is 18.4. The van der Waals surface area contributed by atoms with Crippen molar-refractivity contribution in [1.29, 1.82) is 0 Å². The number of nitrogens with zero attached hydrogens (tertiary/aromatic N) is 2. The van der Waals surface area contributed by atoms with Crippen molar-refractivity contribution < 1.29 is 26.4 Å². The number of rotatable bonds is 2. The van der Waals surface area contributed by atoms with Crippen molar-refractivity contribution in [2.45, 2.75) is 6.18 Å². The summed E-state index contributed by atoms with van der Waals surface area (Å²) in [6.07, 6.45) is -4.69. The SMILES string of the molecule is O=c1oc(-c2c(F)cccc2F)nn1-c1cc(C(F)(F)F)ccc1Cl. The number of hydrogen-bond acceptors (Lipinski definition) is 3. The number of hydrogen-bond donors (Lipinski definition) is 0. The summed E-state index contributed by atoms with van der Waals surface area (Å²) in [4.78, 5) is 11.9. The molecular weight excluding hydrogens is 371 g/mol. The smallest absolute Gasteiger partial charge is 0.387 e. The molecule has 0 aliphatic carbocycles. The molecule has 25 heavy (non-hydrogen) atoms.